The Balaban J connectivity index is 1.62. The molecule has 0 amide bonds. The van der Waals surface area contributed by atoms with Crippen LogP contribution in [-0.4, -0.2) is 23.6 Å². The number of aryl methyl sites for hydroxylation is 2. The van der Waals surface area contributed by atoms with Crippen LogP contribution in [0, 0.1) is 12.7 Å². The number of hydrogen-bond acceptors (Lipinski definition) is 6. The summed E-state index contributed by atoms with van der Waals surface area (Å²) in [4.78, 5) is 13.7. The first-order valence-corrected chi connectivity index (χ1v) is 11.6. The maximum absolute atomic E-state index is 13.7. The lowest BCUT2D eigenvalue weighted by Gasteiger charge is -2.16. The normalized spacial score (nSPS) is 11.2. The monoisotopic (exact) mass is 472 g/mol. The summed E-state index contributed by atoms with van der Waals surface area (Å²) >= 11 is 1.13. The number of phenols is 1. The second-order valence-corrected chi connectivity index (χ2v) is 8.63. The quantitative estimate of drug-likeness (QED) is 0.380. The molecule has 0 bridgehead atoms. The van der Waals surface area contributed by atoms with Crippen LogP contribution in [0.15, 0.2) is 71.5 Å². The van der Waals surface area contributed by atoms with E-state index in [0.717, 1.165) is 33.9 Å². The van der Waals surface area contributed by atoms with E-state index in [1.165, 1.54) is 16.8 Å². The number of aromatic nitrogens is 4. The van der Waals surface area contributed by atoms with Gasteiger partial charge in [-0.3, -0.25) is 4.79 Å². The van der Waals surface area contributed by atoms with E-state index >= 15 is 0 Å². The summed E-state index contributed by atoms with van der Waals surface area (Å²) in [6.07, 6.45) is 0.848. The van der Waals surface area contributed by atoms with Crippen LogP contribution < -0.4 is 5.56 Å². The van der Waals surface area contributed by atoms with E-state index in [0.29, 0.717) is 35.2 Å². The molecule has 3 aromatic carbocycles. The van der Waals surface area contributed by atoms with Gasteiger partial charge in [-0.15, -0.1) is 0 Å². The summed E-state index contributed by atoms with van der Waals surface area (Å²) in [7, 11) is 0. The lowest BCUT2D eigenvalue weighted by Crippen LogP contribution is -2.29. The number of aromatic hydroxyl groups is 1. The molecule has 5 aromatic rings. The van der Waals surface area contributed by atoms with Crippen molar-refractivity contribution in [1.82, 2.24) is 18.5 Å². The van der Waals surface area contributed by atoms with E-state index in [1.54, 1.807) is 24.3 Å². The molecule has 34 heavy (non-hydrogen) atoms. The first-order chi connectivity index (χ1) is 16.5. The number of halogens is 1. The van der Waals surface area contributed by atoms with Gasteiger partial charge in [-0.05, 0) is 49.6 Å². The van der Waals surface area contributed by atoms with Crippen molar-refractivity contribution in [1.29, 1.82) is 0 Å². The minimum Gasteiger partial charge on any atom is -0.507 e. The second kappa shape index (κ2) is 9.15. The van der Waals surface area contributed by atoms with Gasteiger partial charge in [-0.2, -0.15) is 13.8 Å². The van der Waals surface area contributed by atoms with Crippen molar-refractivity contribution in [2.45, 2.75) is 26.3 Å². The van der Waals surface area contributed by atoms with Gasteiger partial charge >= 0.3 is 0 Å². The first-order valence-electron chi connectivity index (χ1n) is 10.8. The predicted molar refractivity (Wildman–Crippen MR) is 131 cm³/mol. The van der Waals surface area contributed by atoms with E-state index in [2.05, 4.69) is 13.8 Å². The highest BCUT2D eigenvalue weighted by atomic mass is 32.1. The highest BCUT2D eigenvalue weighted by molar-refractivity contribution is 7.00. The van der Waals surface area contributed by atoms with Gasteiger partial charge in [-0.1, -0.05) is 42.5 Å². The fourth-order valence-electron chi connectivity index (χ4n) is 4.25. The molecule has 0 unspecified atom stereocenters. The van der Waals surface area contributed by atoms with Crippen molar-refractivity contribution in [3.8, 4) is 16.9 Å². The van der Waals surface area contributed by atoms with Gasteiger partial charge < -0.3 is 5.11 Å². The van der Waals surface area contributed by atoms with Crippen molar-refractivity contribution >= 4 is 22.8 Å². The zero-order valence-electron chi connectivity index (χ0n) is 18.4. The Morgan fingerprint density at radius 2 is 1.82 bits per heavy atom. The number of nitrogens with zero attached hydrogens (tertiary/aromatic N) is 4. The minimum absolute atomic E-state index is 0.0786. The molecule has 0 fully saturated rings. The molecule has 0 aliphatic carbocycles. The minimum atomic E-state index is -0.313. The topological polar surface area (TPSA) is 80.9 Å². The molecular weight excluding hydrogens is 451 g/mol. The molecule has 8 heteroatoms. The number of hydrogen-bond donors (Lipinski definition) is 1. The fourth-order valence-corrected chi connectivity index (χ4v) is 4.82. The zero-order valence-corrected chi connectivity index (χ0v) is 19.2. The Hall–Kier alpha value is -3.91. The van der Waals surface area contributed by atoms with Crippen LogP contribution >= 0.6 is 11.7 Å². The van der Waals surface area contributed by atoms with Crippen LogP contribution in [0.3, 0.4) is 0 Å². The number of benzene rings is 3. The summed E-state index contributed by atoms with van der Waals surface area (Å²) in [6.45, 7) is 2.07. The molecule has 2 aromatic heterocycles. The average molecular weight is 473 g/mol. The van der Waals surface area contributed by atoms with Crippen molar-refractivity contribution in [3.63, 3.8) is 0 Å². The van der Waals surface area contributed by atoms with Crippen molar-refractivity contribution in [2.24, 2.45) is 0 Å². The van der Waals surface area contributed by atoms with Gasteiger partial charge in [0.25, 0.3) is 5.56 Å². The summed E-state index contributed by atoms with van der Waals surface area (Å²) in [5.41, 5.74) is 5.25. The van der Waals surface area contributed by atoms with E-state index in [4.69, 9.17) is 0 Å². The molecule has 0 radical (unpaired) electrons. The Kier molecular flexibility index (Phi) is 5.90. The maximum atomic E-state index is 13.7. The van der Waals surface area contributed by atoms with Gasteiger partial charge in [0.2, 0.25) is 0 Å². The van der Waals surface area contributed by atoms with Crippen molar-refractivity contribution < 1.29 is 9.50 Å². The third kappa shape index (κ3) is 4.20. The highest BCUT2D eigenvalue weighted by Gasteiger charge is 2.20. The summed E-state index contributed by atoms with van der Waals surface area (Å²) in [5, 5.41) is 15.1. The predicted octanol–water partition coefficient (Wildman–Crippen LogP) is 4.90. The smallest absolute Gasteiger partial charge is 0.270 e. The summed E-state index contributed by atoms with van der Waals surface area (Å²) in [5.74, 6) is -0.235. The molecule has 0 spiro atoms. The van der Waals surface area contributed by atoms with Gasteiger partial charge in [-0.25, -0.2) is 9.07 Å². The number of rotatable bonds is 6. The van der Waals surface area contributed by atoms with E-state index in [9.17, 15) is 14.3 Å². The van der Waals surface area contributed by atoms with Crippen LogP contribution in [0.2, 0.25) is 0 Å². The largest absolute Gasteiger partial charge is 0.507 e. The highest BCUT2D eigenvalue weighted by Crippen LogP contribution is 2.32. The molecule has 0 saturated heterocycles. The number of para-hydroxylation sites is 1. The first kappa shape index (κ1) is 21.9. The molecule has 170 valence electrons. The van der Waals surface area contributed by atoms with Gasteiger partial charge in [0.15, 0.2) is 0 Å². The SMILES string of the molecule is Cc1nn(Cc2cccc3nsnc23)c(=O)c(CCc2cccc(F)c2)c1-c1ccccc1O. The molecule has 2 heterocycles. The second-order valence-electron chi connectivity index (χ2n) is 8.10. The molecule has 0 saturated carbocycles. The lowest BCUT2D eigenvalue weighted by molar-refractivity contribution is 0.477. The molecule has 0 aliphatic heterocycles. The van der Waals surface area contributed by atoms with Crippen LogP contribution in [0.4, 0.5) is 4.39 Å². The molecule has 0 atom stereocenters. The number of phenolic OH excluding ortho intramolecular Hbond substituents is 1. The number of fused-ring (bicyclic) bond motifs is 1. The van der Waals surface area contributed by atoms with Gasteiger partial charge in [0.05, 0.1) is 24.0 Å². The maximum Gasteiger partial charge on any atom is 0.270 e. The molecule has 6 nitrogen and oxygen atoms in total. The molecular formula is C26H21FN4O2S. The van der Waals surface area contributed by atoms with Crippen LogP contribution in [-0.2, 0) is 19.4 Å². The fraction of sp³-hybridized carbons (Fsp3) is 0.154. The Labute approximate surface area is 199 Å². The van der Waals surface area contributed by atoms with Gasteiger partial charge in [0.1, 0.15) is 22.6 Å². The third-order valence-electron chi connectivity index (χ3n) is 5.84. The lowest BCUT2D eigenvalue weighted by atomic mass is 9.94. The standard InChI is InChI=1S/C26H21FN4O2S/c1-16-24(20-9-2-3-11-23(20)32)21(13-12-17-6-4-8-19(27)14-17)26(33)31(28-16)15-18-7-5-10-22-25(18)30-34-29-22/h2-11,14,32H,12-13,15H2,1H3. The van der Waals surface area contributed by atoms with Crippen LogP contribution in [0.25, 0.3) is 22.2 Å². The zero-order chi connectivity index (χ0) is 23.7. The van der Waals surface area contributed by atoms with Gasteiger partial charge in [0, 0.05) is 22.3 Å². The third-order valence-corrected chi connectivity index (χ3v) is 6.39. The Morgan fingerprint density at radius 1 is 1.00 bits per heavy atom. The van der Waals surface area contributed by atoms with E-state index in [1.807, 2.05) is 37.3 Å². The Bertz CT molecular complexity index is 1560. The average Bonchev–Trinajstić information content (AvgIpc) is 3.31. The van der Waals surface area contributed by atoms with Crippen molar-refractivity contribution in [3.05, 3.63) is 105 Å². The van der Waals surface area contributed by atoms with E-state index in [-0.39, 0.29) is 23.7 Å². The summed E-state index contributed by atoms with van der Waals surface area (Å²) in [6, 6.07) is 19.0. The van der Waals surface area contributed by atoms with Crippen molar-refractivity contribution in [2.75, 3.05) is 0 Å². The molecule has 5 rings (SSSR count). The molecule has 0 aliphatic rings. The Morgan fingerprint density at radius 3 is 2.65 bits per heavy atom. The van der Waals surface area contributed by atoms with E-state index < -0.39 is 0 Å². The van der Waals surface area contributed by atoms with Crippen LogP contribution in [0.1, 0.15) is 22.4 Å². The molecule has 1 N–H and O–H groups in total. The van der Waals surface area contributed by atoms with Crippen LogP contribution in [0.5, 0.6) is 5.75 Å². The summed E-state index contributed by atoms with van der Waals surface area (Å²) < 4.78 is 23.8.